The Morgan fingerprint density at radius 3 is 2.68 bits per heavy atom. The van der Waals surface area contributed by atoms with Crippen molar-refractivity contribution in [1.82, 2.24) is 15.8 Å². The molecule has 130 valence electrons. The number of benzene rings is 1. The minimum Gasteiger partial charge on any atom is -0.506 e. The van der Waals surface area contributed by atoms with Crippen molar-refractivity contribution in [2.45, 2.75) is 5.54 Å². The van der Waals surface area contributed by atoms with Crippen LogP contribution in [0.2, 0.25) is 0 Å². The van der Waals surface area contributed by atoms with Crippen LogP contribution in [-0.4, -0.2) is 40.7 Å². The number of ether oxygens (including phenoxy) is 1. The molecule has 1 amide bonds. The number of fused-ring (bicyclic) bond motifs is 1. The zero-order valence-electron chi connectivity index (χ0n) is 13.1. The first-order valence-corrected chi connectivity index (χ1v) is 7.25. The lowest BCUT2D eigenvalue weighted by atomic mass is 9.82. The van der Waals surface area contributed by atoms with Crippen LogP contribution in [0.1, 0.15) is 11.1 Å². The van der Waals surface area contributed by atoms with Crippen molar-refractivity contribution in [3.8, 4) is 17.2 Å². The van der Waals surface area contributed by atoms with Gasteiger partial charge in [0, 0.05) is 0 Å². The lowest BCUT2D eigenvalue weighted by Crippen LogP contribution is -2.53. The van der Waals surface area contributed by atoms with Crippen LogP contribution < -0.4 is 20.4 Å². The molecule has 0 fully saturated rings. The highest BCUT2D eigenvalue weighted by molar-refractivity contribution is 5.95. The van der Waals surface area contributed by atoms with Crippen molar-refractivity contribution in [1.29, 1.82) is 0 Å². The minimum atomic E-state index is -1.63. The molecule has 25 heavy (non-hydrogen) atoms. The van der Waals surface area contributed by atoms with Crippen LogP contribution >= 0.6 is 0 Å². The molecular formula is C16H15N3O6. The van der Waals surface area contributed by atoms with Crippen LogP contribution in [-0.2, 0) is 15.1 Å². The van der Waals surface area contributed by atoms with Gasteiger partial charge in [0.25, 0.3) is 5.91 Å². The molecule has 1 unspecified atom stereocenters. The second kappa shape index (κ2) is 6.29. The average molecular weight is 345 g/mol. The summed E-state index contributed by atoms with van der Waals surface area (Å²) in [5.41, 5.74) is 1.55. The Hall–Kier alpha value is -3.33. The Morgan fingerprint density at radius 1 is 1.32 bits per heavy atom. The van der Waals surface area contributed by atoms with Crippen molar-refractivity contribution < 1.29 is 29.4 Å². The largest absolute Gasteiger partial charge is 0.506 e. The van der Waals surface area contributed by atoms with Crippen LogP contribution in [0, 0.1) is 0 Å². The van der Waals surface area contributed by atoms with E-state index in [9.17, 15) is 14.7 Å². The van der Waals surface area contributed by atoms with Gasteiger partial charge in [0.1, 0.15) is 18.0 Å². The van der Waals surface area contributed by atoms with Gasteiger partial charge in [0.2, 0.25) is 0 Å². The predicted molar refractivity (Wildman–Crippen MR) is 84.1 cm³/mol. The van der Waals surface area contributed by atoms with Crippen LogP contribution in [0.15, 0.2) is 36.7 Å². The molecule has 2 heterocycles. The highest BCUT2D eigenvalue weighted by atomic mass is 16.7. The number of carbonyl (C=O) groups is 2. The Labute approximate surface area is 142 Å². The quantitative estimate of drug-likeness (QED) is 0.602. The number of rotatable bonds is 5. The van der Waals surface area contributed by atoms with Gasteiger partial charge in [-0.2, -0.15) is 0 Å². The molecule has 2 aromatic rings. The molecular weight excluding hydrogens is 330 g/mol. The fraction of sp³-hybridized carbons (Fsp3) is 0.188. The number of aliphatic carboxylic acids is 1. The lowest BCUT2D eigenvalue weighted by Gasteiger charge is -2.27. The predicted octanol–water partition coefficient (Wildman–Crippen LogP) is 0.137. The van der Waals surface area contributed by atoms with E-state index in [1.165, 1.54) is 19.5 Å². The summed E-state index contributed by atoms with van der Waals surface area (Å²) in [5.74, 6) is -1.41. The van der Waals surface area contributed by atoms with Crippen molar-refractivity contribution in [2.24, 2.45) is 0 Å². The summed E-state index contributed by atoms with van der Waals surface area (Å²) in [5, 5.41) is 21.4. The Morgan fingerprint density at radius 2 is 2.04 bits per heavy atom. The molecule has 0 bridgehead atoms. The number of hydroxylamine groups is 1. The van der Waals surface area contributed by atoms with E-state index in [0.29, 0.717) is 11.3 Å². The van der Waals surface area contributed by atoms with Crippen LogP contribution in [0.3, 0.4) is 0 Å². The number of methoxy groups -OCH3 is 1. The summed E-state index contributed by atoms with van der Waals surface area (Å²) in [6, 6.07) is 6.51. The third-order valence-electron chi connectivity index (χ3n) is 3.84. The van der Waals surface area contributed by atoms with Gasteiger partial charge in [-0.1, -0.05) is 12.1 Å². The molecule has 9 heteroatoms. The summed E-state index contributed by atoms with van der Waals surface area (Å²) in [7, 11) is 1.51. The molecule has 1 aliphatic heterocycles. The maximum atomic E-state index is 12.9. The minimum absolute atomic E-state index is 0.149. The molecule has 3 rings (SSSR count). The van der Waals surface area contributed by atoms with Gasteiger partial charge < -0.3 is 25.1 Å². The van der Waals surface area contributed by atoms with E-state index >= 15 is 0 Å². The van der Waals surface area contributed by atoms with Crippen molar-refractivity contribution >= 4 is 11.9 Å². The summed E-state index contributed by atoms with van der Waals surface area (Å²) >= 11 is 0. The van der Waals surface area contributed by atoms with Crippen LogP contribution in [0.4, 0.5) is 0 Å². The monoisotopic (exact) mass is 345 g/mol. The van der Waals surface area contributed by atoms with E-state index in [2.05, 4.69) is 15.8 Å². The van der Waals surface area contributed by atoms with E-state index in [-0.39, 0.29) is 17.1 Å². The number of amides is 1. The molecule has 0 spiro atoms. The average Bonchev–Trinajstić information content (AvgIpc) is 3.02. The first-order valence-electron chi connectivity index (χ1n) is 7.25. The second-order valence-electron chi connectivity index (χ2n) is 5.29. The standard InChI is InChI=1S/C16H15N3O6/c1-24-10-4-2-9(3-5-10)16(15(23)18-8-13(21)22)14-11(20)6-17-7-12(14)25-19-16/h2-7,19-20H,8H2,1H3,(H,18,23)(H,21,22). The first kappa shape index (κ1) is 16.5. The normalized spacial score (nSPS) is 18.1. The number of carboxylic acids is 1. The van der Waals surface area contributed by atoms with E-state index < -0.39 is 24.0 Å². The van der Waals surface area contributed by atoms with Gasteiger partial charge >= 0.3 is 5.97 Å². The molecule has 4 N–H and O–H groups in total. The van der Waals surface area contributed by atoms with Gasteiger partial charge in [-0.25, -0.2) is 0 Å². The van der Waals surface area contributed by atoms with E-state index in [4.69, 9.17) is 14.7 Å². The molecule has 1 aromatic heterocycles. The Bertz CT molecular complexity index is 823. The maximum absolute atomic E-state index is 12.9. The van der Waals surface area contributed by atoms with E-state index in [0.717, 1.165) is 0 Å². The number of carboxylic acid groups (broad SMARTS) is 1. The van der Waals surface area contributed by atoms with Gasteiger partial charge in [0.05, 0.1) is 25.1 Å². The molecule has 1 atom stereocenters. The fourth-order valence-corrected chi connectivity index (χ4v) is 2.69. The molecule has 0 radical (unpaired) electrons. The maximum Gasteiger partial charge on any atom is 0.322 e. The zero-order chi connectivity index (χ0) is 18.0. The summed E-state index contributed by atoms with van der Waals surface area (Å²) < 4.78 is 5.11. The number of hydrogen-bond acceptors (Lipinski definition) is 7. The van der Waals surface area contributed by atoms with E-state index in [1.807, 2.05) is 0 Å². The lowest BCUT2D eigenvalue weighted by molar-refractivity contribution is -0.139. The van der Waals surface area contributed by atoms with Crippen molar-refractivity contribution in [2.75, 3.05) is 13.7 Å². The Kier molecular flexibility index (Phi) is 4.15. The number of aromatic hydroxyl groups is 1. The highest BCUT2D eigenvalue weighted by Gasteiger charge is 2.51. The van der Waals surface area contributed by atoms with Crippen LogP contribution in [0.5, 0.6) is 17.2 Å². The second-order valence-corrected chi connectivity index (χ2v) is 5.29. The summed E-state index contributed by atoms with van der Waals surface area (Å²) in [4.78, 5) is 32.8. The number of pyridine rings is 1. The third kappa shape index (κ3) is 2.70. The van der Waals surface area contributed by atoms with Gasteiger partial charge in [0.15, 0.2) is 11.3 Å². The van der Waals surface area contributed by atoms with Crippen molar-refractivity contribution in [3.05, 3.63) is 47.8 Å². The molecule has 9 nitrogen and oxygen atoms in total. The molecule has 1 aliphatic rings. The first-order chi connectivity index (χ1) is 12.0. The molecule has 0 saturated carbocycles. The SMILES string of the molecule is COc1ccc(C2(C(=O)NCC(=O)O)NOc3cncc(O)c32)cc1. The number of nitrogens with one attached hydrogen (secondary N) is 2. The number of hydrogen-bond donors (Lipinski definition) is 4. The third-order valence-corrected chi connectivity index (χ3v) is 3.84. The van der Waals surface area contributed by atoms with Gasteiger partial charge in [-0.3, -0.25) is 14.6 Å². The molecule has 0 saturated heterocycles. The Balaban J connectivity index is 2.14. The summed E-state index contributed by atoms with van der Waals surface area (Å²) in [6.45, 7) is -0.584. The number of carbonyl (C=O) groups excluding carboxylic acids is 1. The van der Waals surface area contributed by atoms with Crippen molar-refractivity contribution in [3.63, 3.8) is 0 Å². The highest BCUT2D eigenvalue weighted by Crippen LogP contribution is 2.45. The van der Waals surface area contributed by atoms with Gasteiger partial charge in [-0.15, -0.1) is 5.48 Å². The smallest absolute Gasteiger partial charge is 0.322 e. The number of nitrogens with zero attached hydrogens (tertiary/aromatic N) is 1. The van der Waals surface area contributed by atoms with Gasteiger partial charge in [-0.05, 0) is 17.7 Å². The van der Waals surface area contributed by atoms with Crippen LogP contribution in [0.25, 0.3) is 0 Å². The topological polar surface area (TPSA) is 130 Å². The summed E-state index contributed by atoms with van der Waals surface area (Å²) in [6.07, 6.45) is 2.52. The molecule has 0 aliphatic carbocycles. The zero-order valence-corrected chi connectivity index (χ0v) is 13.1. The molecule has 1 aromatic carbocycles. The number of aromatic nitrogens is 1. The fourth-order valence-electron chi connectivity index (χ4n) is 2.69. The van der Waals surface area contributed by atoms with E-state index in [1.54, 1.807) is 24.3 Å².